The topological polar surface area (TPSA) is 47.3 Å². The van der Waals surface area contributed by atoms with E-state index in [1.54, 1.807) is 7.11 Å². The van der Waals surface area contributed by atoms with Gasteiger partial charge in [0.25, 0.3) is 0 Å². The molecular formula is C16H20N2O. The minimum atomic E-state index is 0.685. The highest BCUT2D eigenvalue weighted by atomic mass is 16.5. The van der Waals surface area contributed by atoms with Crippen LogP contribution >= 0.6 is 0 Å². The van der Waals surface area contributed by atoms with E-state index >= 15 is 0 Å². The predicted molar refractivity (Wildman–Crippen MR) is 79.3 cm³/mol. The zero-order valence-corrected chi connectivity index (χ0v) is 11.2. The van der Waals surface area contributed by atoms with E-state index in [1.807, 2.05) is 24.3 Å². The third kappa shape index (κ3) is 3.73. The lowest BCUT2D eigenvalue weighted by Crippen LogP contribution is -2.17. The highest BCUT2D eigenvalue weighted by Crippen LogP contribution is 2.25. The van der Waals surface area contributed by atoms with Gasteiger partial charge in [0.05, 0.1) is 12.8 Å². The van der Waals surface area contributed by atoms with Crippen molar-refractivity contribution in [3.05, 3.63) is 59.7 Å². The molecule has 2 aromatic rings. The molecule has 0 aliphatic heterocycles. The first-order valence-electron chi connectivity index (χ1n) is 6.47. The molecule has 100 valence electrons. The average molecular weight is 256 g/mol. The van der Waals surface area contributed by atoms with Gasteiger partial charge in [-0.1, -0.05) is 42.5 Å². The second-order valence-electron chi connectivity index (χ2n) is 4.45. The van der Waals surface area contributed by atoms with Crippen LogP contribution in [0, 0.1) is 0 Å². The molecule has 3 N–H and O–H groups in total. The van der Waals surface area contributed by atoms with E-state index in [9.17, 15) is 0 Å². The van der Waals surface area contributed by atoms with Crippen molar-refractivity contribution in [2.75, 3.05) is 19.4 Å². The molecule has 2 aromatic carbocycles. The van der Waals surface area contributed by atoms with Crippen molar-refractivity contribution >= 4 is 5.69 Å². The molecule has 0 heterocycles. The lowest BCUT2D eigenvalue weighted by atomic mass is 10.1. The summed E-state index contributed by atoms with van der Waals surface area (Å²) in [5.41, 5.74) is 8.99. The second kappa shape index (κ2) is 6.81. The summed E-state index contributed by atoms with van der Waals surface area (Å²) in [4.78, 5) is 0. The normalized spacial score (nSPS) is 10.4. The number of methoxy groups -OCH3 is 1. The van der Waals surface area contributed by atoms with Crippen LogP contribution < -0.4 is 15.8 Å². The third-order valence-electron chi connectivity index (χ3n) is 3.08. The van der Waals surface area contributed by atoms with E-state index in [4.69, 9.17) is 10.5 Å². The second-order valence-corrected chi connectivity index (χ2v) is 4.45. The number of nitrogens with two attached hydrogens (primary N) is 1. The van der Waals surface area contributed by atoms with Crippen LogP contribution in [0.3, 0.4) is 0 Å². The lowest BCUT2D eigenvalue weighted by Gasteiger charge is -2.11. The Morgan fingerprint density at radius 1 is 1.05 bits per heavy atom. The van der Waals surface area contributed by atoms with E-state index in [-0.39, 0.29) is 0 Å². The van der Waals surface area contributed by atoms with Crippen molar-refractivity contribution < 1.29 is 4.74 Å². The minimum Gasteiger partial charge on any atom is -0.494 e. The number of para-hydroxylation sites is 1. The zero-order valence-electron chi connectivity index (χ0n) is 11.2. The van der Waals surface area contributed by atoms with Gasteiger partial charge in [-0.25, -0.2) is 0 Å². The molecule has 19 heavy (non-hydrogen) atoms. The molecule has 0 unspecified atom stereocenters. The number of rotatable bonds is 6. The summed E-state index contributed by atoms with van der Waals surface area (Å²) in [5.74, 6) is 0.773. The van der Waals surface area contributed by atoms with E-state index in [1.165, 1.54) is 5.56 Å². The van der Waals surface area contributed by atoms with E-state index in [0.29, 0.717) is 5.69 Å². The van der Waals surface area contributed by atoms with Crippen LogP contribution in [0.15, 0.2) is 48.5 Å². The van der Waals surface area contributed by atoms with Crippen molar-refractivity contribution in [2.45, 2.75) is 13.0 Å². The van der Waals surface area contributed by atoms with Gasteiger partial charge in [0.1, 0.15) is 5.75 Å². The van der Waals surface area contributed by atoms with E-state index < -0.39 is 0 Å². The Kier molecular flexibility index (Phi) is 4.81. The van der Waals surface area contributed by atoms with Crippen LogP contribution in [0.4, 0.5) is 5.69 Å². The molecule has 0 atom stereocenters. The first-order chi connectivity index (χ1) is 9.31. The van der Waals surface area contributed by atoms with Gasteiger partial charge < -0.3 is 15.8 Å². The molecule has 0 amide bonds. The van der Waals surface area contributed by atoms with Gasteiger partial charge in [0.2, 0.25) is 0 Å². The molecule has 0 aliphatic rings. The fraction of sp³-hybridized carbons (Fsp3) is 0.250. The van der Waals surface area contributed by atoms with Crippen LogP contribution in [0.5, 0.6) is 5.75 Å². The maximum absolute atomic E-state index is 5.87. The quantitative estimate of drug-likeness (QED) is 0.617. The summed E-state index contributed by atoms with van der Waals surface area (Å²) in [7, 11) is 1.65. The summed E-state index contributed by atoms with van der Waals surface area (Å²) < 4.78 is 5.33. The molecule has 0 spiro atoms. The minimum absolute atomic E-state index is 0.685. The third-order valence-corrected chi connectivity index (χ3v) is 3.08. The van der Waals surface area contributed by atoms with Gasteiger partial charge in [-0.05, 0) is 24.6 Å². The fourth-order valence-corrected chi connectivity index (χ4v) is 2.09. The SMILES string of the molecule is COc1c(N)cccc1CNCCc1ccccc1. The van der Waals surface area contributed by atoms with Gasteiger partial charge in [-0.15, -0.1) is 0 Å². The molecule has 0 aliphatic carbocycles. The van der Waals surface area contributed by atoms with Gasteiger partial charge >= 0.3 is 0 Å². The molecule has 3 heteroatoms. The standard InChI is InChI=1S/C16H20N2O/c1-19-16-14(8-5-9-15(16)17)12-18-11-10-13-6-3-2-4-7-13/h2-9,18H,10-12,17H2,1H3. The first kappa shape index (κ1) is 13.4. The van der Waals surface area contributed by atoms with Gasteiger partial charge in [-0.2, -0.15) is 0 Å². The largest absolute Gasteiger partial charge is 0.494 e. The number of anilines is 1. The maximum atomic E-state index is 5.87. The van der Waals surface area contributed by atoms with E-state index in [0.717, 1.165) is 30.8 Å². The number of hydrogen-bond donors (Lipinski definition) is 2. The molecule has 0 fully saturated rings. The summed E-state index contributed by atoms with van der Waals surface area (Å²) in [6.07, 6.45) is 1.02. The Balaban J connectivity index is 1.85. The van der Waals surface area contributed by atoms with Crippen molar-refractivity contribution in [2.24, 2.45) is 0 Å². The molecule has 0 saturated carbocycles. The van der Waals surface area contributed by atoms with E-state index in [2.05, 4.69) is 29.6 Å². The molecule has 0 saturated heterocycles. The number of ether oxygens (including phenoxy) is 1. The van der Waals surface area contributed by atoms with Crippen molar-refractivity contribution in [1.82, 2.24) is 5.32 Å². The van der Waals surface area contributed by atoms with Gasteiger partial charge in [-0.3, -0.25) is 0 Å². The van der Waals surface area contributed by atoms with Gasteiger partial charge in [0, 0.05) is 12.1 Å². The molecule has 0 radical (unpaired) electrons. The Labute approximate surface area is 114 Å². The number of nitrogens with one attached hydrogen (secondary N) is 1. The van der Waals surface area contributed by atoms with Gasteiger partial charge in [0.15, 0.2) is 0 Å². The predicted octanol–water partition coefficient (Wildman–Crippen LogP) is 2.61. The molecular weight excluding hydrogens is 236 g/mol. The molecule has 0 aromatic heterocycles. The Morgan fingerprint density at radius 3 is 2.58 bits per heavy atom. The van der Waals surface area contributed by atoms with Crippen molar-refractivity contribution in [3.8, 4) is 5.75 Å². The smallest absolute Gasteiger partial charge is 0.146 e. The number of benzene rings is 2. The Hall–Kier alpha value is -2.00. The lowest BCUT2D eigenvalue weighted by molar-refractivity contribution is 0.410. The van der Waals surface area contributed by atoms with Crippen LogP contribution in [0.1, 0.15) is 11.1 Å². The molecule has 3 nitrogen and oxygen atoms in total. The first-order valence-corrected chi connectivity index (χ1v) is 6.47. The molecule has 2 rings (SSSR count). The fourth-order valence-electron chi connectivity index (χ4n) is 2.09. The highest BCUT2D eigenvalue weighted by Gasteiger charge is 2.05. The molecule has 0 bridgehead atoms. The van der Waals surface area contributed by atoms with Crippen LogP contribution in [-0.4, -0.2) is 13.7 Å². The van der Waals surface area contributed by atoms with Crippen LogP contribution in [0.25, 0.3) is 0 Å². The Morgan fingerprint density at radius 2 is 1.84 bits per heavy atom. The average Bonchev–Trinajstić information content (AvgIpc) is 2.45. The van der Waals surface area contributed by atoms with Crippen molar-refractivity contribution in [1.29, 1.82) is 0 Å². The number of hydrogen-bond acceptors (Lipinski definition) is 3. The van der Waals surface area contributed by atoms with Crippen LogP contribution in [-0.2, 0) is 13.0 Å². The highest BCUT2D eigenvalue weighted by molar-refractivity contribution is 5.56. The summed E-state index contributed by atoms with van der Waals surface area (Å²) in [5, 5.41) is 3.42. The summed E-state index contributed by atoms with van der Waals surface area (Å²) in [6, 6.07) is 16.3. The monoisotopic (exact) mass is 256 g/mol. The maximum Gasteiger partial charge on any atom is 0.146 e. The Bertz CT molecular complexity index is 511. The summed E-state index contributed by atoms with van der Waals surface area (Å²) >= 11 is 0. The number of nitrogen functional groups attached to an aromatic ring is 1. The van der Waals surface area contributed by atoms with Crippen LogP contribution in [0.2, 0.25) is 0 Å². The zero-order chi connectivity index (χ0) is 13.5. The summed E-state index contributed by atoms with van der Waals surface area (Å²) in [6.45, 7) is 1.70. The van der Waals surface area contributed by atoms with Crippen molar-refractivity contribution in [3.63, 3.8) is 0 Å².